The molecular weight excluding hydrogens is 132 g/mol. The van der Waals surface area contributed by atoms with Crippen LogP contribution in [0.25, 0.3) is 0 Å². The Morgan fingerprint density at radius 1 is 1.70 bits per heavy atom. The van der Waals surface area contributed by atoms with Crippen molar-refractivity contribution in [3.05, 3.63) is 24.5 Å². The number of hydrogen-bond donors (Lipinski definition) is 0. The minimum absolute atomic E-state index is 0.294. The van der Waals surface area contributed by atoms with Gasteiger partial charge in [-0.2, -0.15) is 0 Å². The number of hydrogen-bond acceptors (Lipinski definition) is 3. The molecule has 0 aromatic carbocycles. The van der Waals surface area contributed by atoms with Gasteiger partial charge in [0.1, 0.15) is 0 Å². The predicted molar refractivity (Wildman–Crippen MR) is 33.4 cm³/mol. The second kappa shape index (κ2) is 2.82. The second-order valence-electron chi connectivity index (χ2n) is 1.58. The molecule has 0 spiro atoms. The van der Waals surface area contributed by atoms with Gasteiger partial charge in [0.15, 0.2) is 5.75 Å². The van der Waals surface area contributed by atoms with Crippen LogP contribution in [0.1, 0.15) is 0 Å². The van der Waals surface area contributed by atoms with Gasteiger partial charge in [0.25, 0.3) is 0 Å². The van der Waals surface area contributed by atoms with Crippen LogP contribution in [0.4, 0.5) is 4.79 Å². The van der Waals surface area contributed by atoms with Crippen molar-refractivity contribution in [2.45, 2.75) is 0 Å². The zero-order chi connectivity index (χ0) is 7.40. The van der Waals surface area contributed by atoms with E-state index in [9.17, 15) is 4.79 Å². The van der Waals surface area contributed by atoms with Crippen LogP contribution in [0.2, 0.25) is 0 Å². The molecule has 51 valence electrons. The Morgan fingerprint density at radius 3 is 3.00 bits per heavy atom. The van der Waals surface area contributed by atoms with E-state index in [0.717, 1.165) is 0 Å². The first-order chi connectivity index (χ1) is 4.79. The van der Waals surface area contributed by atoms with Crippen LogP contribution < -0.4 is 10.5 Å². The van der Waals surface area contributed by atoms with Crippen LogP contribution in [-0.4, -0.2) is 11.1 Å². The van der Waals surface area contributed by atoms with Gasteiger partial charge < -0.3 is 4.74 Å². The zero-order valence-electron chi connectivity index (χ0n) is 5.07. The molecule has 0 bridgehead atoms. The van der Waals surface area contributed by atoms with Gasteiger partial charge in [-0.05, 0) is 12.1 Å². The molecule has 1 aromatic heterocycles. The average Bonchev–Trinajstić information content (AvgIpc) is 1.88. The largest absolute Gasteiger partial charge is 0.431 e. The molecule has 0 unspecified atom stereocenters. The molecule has 0 aliphatic carbocycles. The predicted octanol–water partition coefficient (Wildman–Crippen LogP) is 0.863. The molecule has 10 heavy (non-hydrogen) atoms. The third-order valence-corrected chi connectivity index (χ3v) is 0.845. The molecule has 1 rings (SSSR count). The SMILES string of the molecule is [NH]C(=O)Oc1cccnc1. The van der Waals surface area contributed by atoms with Crippen molar-refractivity contribution < 1.29 is 9.53 Å². The highest BCUT2D eigenvalue weighted by atomic mass is 16.5. The quantitative estimate of drug-likeness (QED) is 0.576. The molecule has 0 aliphatic rings. The molecule has 4 heteroatoms. The highest BCUT2D eigenvalue weighted by molar-refractivity contribution is 5.66. The van der Waals surface area contributed by atoms with E-state index in [0.29, 0.717) is 5.75 Å². The third-order valence-electron chi connectivity index (χ3n) is 0.845. The first-order valence-corrected chi connectivity index (χ1v) is 2.62. The summed E-state index contributed by atoms with van der Waals surface area (Å²) < 4.78 is 4.38. The molecule has 1 heterocycles. The van der Waals surface area contributed by atoms with Crippen LogP contribution in [0, 0.1) is 0 Å². The zero-order valence-corrected chi connectivity index (χ0v) is 5.07. The summed E-state index contributed by atoms with van der Waals surface area (Å²) in [5.74, 6) is 0.294. The molecule has 0 aliphatic heterocycles. The van der Waals surface area contributed by atoms with E-state index >= 15 is 0 Å². The van der Waals surface area contributed by atoms with Crippen LogP contribution in [0.5, 0.6) is 5.75 Å². The molecular formula is C6H5N2O2. The third kappa shape index (κ3) is 1.74. The number of ether oxygens (including phenoxy) is 1. The number of pyridine rings is 1. The topological polar surface area (TPSA) is 63.0 Å². The number of amides is 1. The van der Waals surface area contributed by atoms with Gasteiger partial charge in [-0.3, -0.25) is 4.98 Å². The van der Waals surface area contributed by atoms with Gasteiger partial charge in [-0.15, -0.1) is 0 Å². The maximum absolute atomic E-state index is 10.0. The highest BCUT2D eigenvalue weighted by Gasteiger charge is 1.95. The monoisotopic (exact) mass is 137 g/mol. The minimum Gasteiger partial charge on any atom is -0.407 e. The molecule has 1 aromatic rings. The lowest BCUT2D eigenvalue weighted by Gasteiger charge is -1.95. The number of carbonyl (C=O) groups excluding carboxylic acids is 1. The van der Waals surface area contributed by atoms with Gasteiger partial charge in [0, 0.05) is 6.20 Å². The Balaban J connectivity index is 2.67. The summed E-state index contributed by atoms with van der Waals surface area (Å²) in [5.41, 5.74) is 6.43. The van der Waals surface area contributed by atoms with E-state index in [1.54, 1.807) is 18.3 Å². The van der Waals surface area contributed by atoms with Gasteiger partial charge in [-0.1, -0.05) is 0 Å². The van der Waals surface area contributed by atoms with Crippen molar-refractivity contribution in [2.24, 2.45) is 0 Å². The molecule has 0 saturated heterocycles. The summed E-state index contributed by atoms with van der Waals surface area (Å²) in [7, 11) is 0. The smallest absolute Gasteiger partial charge is 0.407 e. The first-order valence-electron chi connectivity index (χ1n) is 2.62. The first kappa shape index (κ1) is 6.54. The van der Waals surface area contributed by atoms with E-state index in [1.807, 2.05) is 0 Å². The van der Waals surface area contributed by atoms with Crippen molar-refractivity contribution in [1.29, 1.82) is 0 Å². The van der Waals surface area contributed by atoms with E-state index < -0.39 is 6.09 Å². The van der Waals surface area contributed by atoms with E-state index in [2.05, 4.69) is 9.72 Å². The normalized spacial score (nSPS) is 8.80. The van der Waals surface area contributed by atoms with Crippen molar-refractivity contribution in [1.82, 2.24) is 10.7 Å². The lowest BCUT2D eigenvalue weighted by molar-refractivity contribution is 0.209. The van der Waals surface area contributed by atoms with Crippen LogP contribution in [0.15, 0.2) is 24.5 Å². The summed E-state index contributed by atoms with van der Waals surface area (Å²) in [4.78, 5) is 13.7. The molecule has 1 N–H and O–H groups in total. The molecule has 1 radical (unpaired) electrons. The fourth-order valence-corrected chi connectivity index (χ4v) is 0.515. The lowest BCUT2D eigenvalue weighted by atomic mass is 10.5. The number of nitrogens with zero attached hydrogens (tertiary/aromatic N) is 1. The van der Waals surface area contributed by atoms with Crippen molar-refractivity contribution in [3.8, 4) is 5.75 Å². The number of rotatable bonds is 1. The van der Waals surface area contributed by atoms with Gasteiger partial charge >= 0.3 is 6.09 Å². The summed E-state index contributed by atoms with van der Waals surface area (Å²) in [5, 5.41) is 0. The second-order valence-corrected chi connectivity index (χ2v) is 1.58. The Bertz CT molecular complexity index is 222. The molecule has 4 nitrogen and oxygen atoms in total. The van der Waals surface area contributed by atoms with Crippen molar-refractivity contribution >= 4 is 6.09 Å². The Kier molecular flexibility index (Phi) is 1.84. The summed E-state index contributed by atoms with van der Waals surface area (Å²) in [6, 6.07) is 3.18. The number of carbonyl (C=O) groups is 1. The Morgan fingerprint density at radius 2 is 2.50 bits per heavy atom. The minimum atomic E-state index is -1.08. The fraction of sp³-hybridized carbons (Fsp3) is 0. The van der Waals surface area contributed by atoms with Gasteiger partial charge in [-0.25, -0.2) is 10.5 Å². The van der Waals surface area contributed by atoms with Crippen molar-refractivity contribution in [3.63, 3.8) is 0 Å². The average molecular weight is 137 g/mol. The van der Waals surface area contributed by atoms with Crippen LogP contribution >= 0.6 is 0 Å². The Labute approximate surface area is 57.6 Å². The maximum atomic E-state index is 10.0. The van der Waals surface area contributed by atoms with Crippen LogP contribution in [-0.2, 0) is 0 Å². The van der Waals surface area contributed by atoms with Gasteiger partial charge in [0.05, 0.1) is 6.20 Å². The van der Waals surface area contributed by atoms with Gasteiger partial charge in [0.2, 0.25) is 0 Å². The maximum Gasteiger partial charge on any atom is 0.431 e. The van der Waals surface area contributed by atoms with Crippen LogP contribution in [0.3, 0.4) is 0 Å². The van der Waals surface area contributed by atoms with E-state index in [1.165, 1.54) is 6.20 Å². The van der Waals surface area contributed by atoms with E-state index in [4.69, 9.17) is 5.73 Å². The molecule has 1 amide bonds. The molecule has 0 saturated carbocycles. The molecule has 0 fully saturated rings. The Hall–Kier alpha value is -1.58. The fourth-order valence-electron chi connectivity index (χ4n) is 0.515. The summed E-state index contributed by atoms with van der Waals surface area (Å²) >= 11 is 0. The lowest BCUT2D eigenvalue weighted by Crippen LogP contribution is -2.05. The molecule has 0 atom stereocenters. The summed E-state index contributed by atoms with van der Waals surface area (Å²) in [6.07, 6.45) is 1.85. The van der Waals surface area contributed by atoms with Crippen molar-refractivity contribution in [2.75, 3.05) is 0 Å². The highest BCUT2D eigenvalue weighted by Crippen LogP contribution is 2.05. The van der Waals surface area contributed by atoms with E-state index in [-0.39, 0.29) is 0 Å². The standard InChI is InChI=1S/C6H5N2O2/c7-6(9)10-5-2-1-3-8-4-5/h1-4,7H. The summed E-state index contributed by atoms with van der Waals surface area (Å²) in [6.45, 7) is 0. The number of aromatic nitrogens is 1. The number of nitrogens with one attached hydrogen (secondary N) is 1.